The molecule has 3 rings (SSSR count). The maximum Gasteiger partial charge on any atom is 0.237 e. The molecule has 0 aromatic heterocycles. The maximum absolute atomic E-state index is 12.4. The van der Waals surface area contributed by atoms with Gasteiger partial charge in [0, 0.05) is 25.2 Å². The molecule has 0 bridgehead atoms. The summed E-state index contributed by atoms with van der Waals surface area (Å²) in [6, 6.07) is 20.5. The van der Waals surface area contributed by atoms with Gasteiger partial charge in [0.25, 0.3) is 0 Å². The molecule has 0 saturated carbocycles. The highest BCUT2D eigenvalue weighted by molar-refractivity contribution is 5.82. The van der Waals surface area contributed by atoms with Crippen LogP contribution in [0.1, 0.15) is 24.5 Å². The van der Waals surface area contributed by atoms with Crippen molar-refractivity contribution < 1.29 is 4.79 Å². The molecule has 1 aliphatic rings. The molecular formula is C21H27N3O. The highest BCUT2D eigenvalue weighted by Crippen LogP contribution is 2.20. The van der Waals surface area contributed by atoms with Crippen molar-refractivity contribution in [3.8, 4) is 0 Å². The highest BCUT2D eigenvalue weighted by Gasteiger charge is 2.30. The average molecular weight is 337 g/mol. The largest absolute Gasteiger partial charge is 0.351 e. The van der Waals surface area contributed by atoms with Crippen molar-refractivity contribution in [3.05, 3.63) is 71.8 Å². The number of nitrogens with two attached hydrogens (primary N) is 1. The van der Waals surface area contributed by atoms with Gasteiger partial charge in [-0.1, -0.05) is 60.7 Å². The number of nitrogens with one attached hydrogen (secondary N) is 1. The standard InChI is InChI=1S/C21H27N3O/c1-16-12-19(15-24(16)14-18-10-6-3-7-11-18)23-21(25)20(22)13-17-8-4-2-5-9-17/h2-11,16,19-20H,12-15,22H2,1H3,(H,23,25). The molecule has 132 valence electrons. The molecule has 25 heavy (non-hydrogen) atoms. The Morgan fingerprint density at radius 2 is 1.72 bits per heavy atom. The normalized spacial score (nSPS) is 21.8. The Balaban J connectivity index is 1.50. The lowest BCUT2D eigenvalue weighted by Gasteiger charge is -2.21. The highest BCUT2D eigenvalue weighted by atomic mass is 16.2. The van der Waals surface area contributed by atoms with E-state index in [0.29, 0.717) is 12.5 Å². The van der Waals surface area contributed by atoms with Gasteiger partial charge in [-0.25, -0.2) is 0 Å². The Bertz CT molecular complexity index is 674. The molecule has 0 radical (unpaired) electrons. The van der Waals surface area contributed by atoms with Crippen molar-refractivity contribution >= 4 is 5.91 Å². The predicted octanol–water partition coefficient (Wildman–Crippen LogP) is 2.34. The van der Waals surface area contributed by atoms with Crippen molar-refractivity contribution in [1.29, 1.82) is 0 Å². The predicted molar refractivity (Wildman–Crippen MR) is 101 cm³/mol. The van der Waals surface area contributed by atoms with Crippen molar-refractivity contribution in [1.82, 2.24) is 10.2 Å². The van der Waals surface area contributed by atoms with E-state index in [1.807, 2.05) is 36.4 Å². The molecule has 2 aromatic carbocycles. The number of rotatable bonds is 6. The summed E-state index contributed by atoms with van der Waals surface area (Å²) in [5, 5.41) is 3.14. The lowest BCUT2D eigenvalue weighted by molar-refractivity contribution is -0.123. The zero-order valence-electron chi connectivity index (χ0n) is 14.8. The Morgan fingerprint density at radius 1 is 1.12 bits per heavy atom. The molecule has 4 nitrogen and oxygen atoms in total. The number of amides is 1. The van der Waals surface area contributed by atoms with Gasteiger partial charge in [0.2, 0.25) is 5.91 Å². The molecule has 4 heteroatoms. The summed E-state index contributed by atoms with van der Waals surface area (Å²) in [6.07, 6.45) is 1.54. The second-order valence-corrected chi connectivity index (χ2v) is 7.00. The maximum atomic E-state index is 12.4. The fourth-order valence-electron chi connectivity index (χ4n) is 3.51. The van der Waals surface area contributed by atoms with Crippen LogP contribution < -0.4 is 11.1 Å². The van der Waals surface area contributed by atoms with Gasteiger partial charge in [0.15, 0.2) is 0 Å². The van der Waals surface area contributed by atoms with Crippen molar-refractivity contribution in [2.75, 3.05) is 6.54 Å². The average Bonchev–Trinajstić information content (AvgIpc) is 2.95. The van der Waals surface area contributed by atoms with E-state index in [1.165, 1.54) is 5.56 Å². The van der Waals surface area contributed by atoms with Gasteiger partial charge in [-0.3, -0.25) is 9.69 Å². The first-order valence-corrected chi connectivity index (χ1v) is 8.99. The lowest BCUT2D eigenvalue weighted by atomic mass is 10.1. The van der Waals surface area contributed by atoms with E-state index in [4.69, 9.17) is 5.73 Å². The van der Waals surface area contributed by atoms with Crippen LogP contribution in [0.15, 0.2) is 60.7 Å². The van der Waals surface area contributed by atoms with Crippen molar-refractivity contribution in [2.24, 2.45) is 5.73 Å². The summed E-state index contributed by atoms with van der Waals surface area (Å²) in [6.45, 7) is 4.02. The first kappa shape index (κ1) is 17.6. The minimum atomic E-state index is -0.499. The topological polar surface area (TPSA) is 58.4 Å². The number of hydrogen-bond acceptors (Lipinski definition) is 3. The fraction of sp³-hybridized carbons (Fsp3) is 0.381. The molecule has 0 spiro atoms. The minimum Gasteiger partial charge on any atom is -0.351 e. The summed E-state index contributed by atoms with van der Waals surface area (Å²) in [7, 11) is 0. The molecular weight excluding hydrogens is 310 g/mol. The second kappa shape index (κ2) is 8.28. The van der Waals surface area contributed by atoms with Gasteiger partial charge >= 0.3 is 0 Å². The van der Waals surface area contributed by atoms with E-state index in [0.717, 1.165) is 25.1 Å². The summed E-state index contributed by atoms with van der Waals surface area (Å²) in [5.74, 6) is -0.0531. The molecule has 1 saturated heterocycles. The monoisotopic (exact) mass is 337 g/mol. The Labute approximate surface area is 150 Å². The first-order valence-electron chi connectivity index (χ1n) is 8.99. The van der Waals surface area contributed by atoms with Crippen molar-refractivity contribution in [2.45, 2.75) is 44.4 Å². The summed E-state index contributed by atoms with van der Waals surface area (Å²) < 4.78 is 0. The third kappa shape index (κ3) is 4.91. The van der Waals surface area contributed by atoms with Gasteiger partial charge in [0.1, 0.15) is 0 Å². The molecule has 3 N–H and O–H groups in total. The molecule has 2 aromatic rings. The van der Waals surface area contributed by atoms with Crippen LogP contribution >= 0.6 is 0 Å². The molecule has 1 aliphatic heterocycles. The SMILES string of the molecule is CC1CC(NC(=O)C(N)Cc2ccccc2)CN1Cc1ccccc1. The van der Waals surface area contributed by atoms with Crippen LogP contribution in [0.5, 0.6) is 0 Å². The van der Waals surface area contributed by atoms with Gasteiger partial charge in [-0.05, 0) is 30.9 Å². The van der Waals surface area contributed by atoms with Crippen LogP contribution in [0.3, 0.4) is 0 Å². The Kier molecular flexibility index (Phi) is 5.84. The van der Waals surface area contributed by atoms with Crippen LogP contribution in [-0.4, -0.2) is 35.5 Å². The van der Waals surface area contributed by atoms with Crippen LogP contribution in [0.2, 0.25) is 0 Å². The number of nitrogens with zero attached hydrogens (tertiary/aromatic N) is 1. The lowest BCUT2D eigenvalue weighted by Crippen LogP contribution is -2.47. The number of likely N-dealkylation sites (tertiary alicyclic amines) is 1. The molecule has 1 amide bonds. The molecule has 3 unspecified atom stereocenters. The third-order valence-corrected chi connectivity index (χ3v) is 4.91. The number of hydrogen-bond donors (Lipinski definition) is 2. The fourth-order valence-corrected chi connectivity index (χ4v) is 3.51. The van der Waals surface area contributed by atoms with Gasteiger partial charge in [0.05, 0.1) is 6.04 Å². The number of benzene rings is 2. The Hall–Kier alpha value is -2.17. The smallest absolute Gasteiger partial charge is 0.237 e. The Morgan fingerprint density at radius 3 is 2.36 bits per heavy atom. The summed E-state index contributed by atoms with van der Waals surface area (Å²) in [5.41, 5.74) is 8.50. The van der Waals surface area contributed by atoms with E-state index in [1.54, 1.807) is 0 Å². The molecule has 0 aliphatic carbocycles. The zero-order chi connectivity index (χ0) is 17.6. The third-order valence-electron chi connectivity index (χ3n) is 4.91. The van der Waals surface area contributed by atoms with Crippen LogP contribution in [0.25, 0.3) is 0 Å². The van der Waals surface area contributed by atoms with Gasteiger partial charge in [-0.15, -0.1) is 0 Å². The van der Waals surface area contributed by atoms with E-state index in [-0.39, 0.29) is 11.9 Å². The van der Waals surface area contributed by atoms with Gasteiger partial charge in [-0.2, -0.15) is 0 Å². The van der Waals surface area contributed by atoms with E-state index >= 15 is 0 Å². The number of carbonyl (C=O) groups is 1. The van der Waals surface area contributed by atoms with E-state index in [2.05, 4.69) is 41.4 Å². The van der Waals surface area contributed by atoms with Crippen LogP contribution in [0, 0.1) is 0 Å². The molecule has 3 atom stereocenters. The van der Waals surface area contributed by atoms with Crippen molar-refractivity contribution in [3.63, 3.8) is 0 Å². The van der Waals surface area contributed by atoms with Gasteiger partial charge < -0.3 is 11.1 Å². The molecule has 1 fully saturated rings. The number of carbonyl (C=O) groups excluding carboxylic acids is 1. The zero-order valence-corrected chi connectivity index (χ0v) is 14.8. The van der Waals surface area contributed by atoms with Crippen LogP contribution in [-0.2, 0) is 17.8 Å². The quantitative estimate of drug-likeness (QED) is 0.851. The minimum absolute atomic E-state index is 0.0531. The summed E-state index contributed by atoms with van der Waals surface area (Å²) in [4.78, 5) is 14.8. The van der Waals surface area contributed by atoms with Crippen LogP contribution in [0.4, 0.5) is 0 Å². The summed E-state index contributed by atoms with van der Waals surface area (Å²) >= 11 is 0. The first-order chi connectivity index (χ1) is 12.1. The van der Waals surface area contributed by atoms with E-state index < -0.39 is 6.04 Å². The second-order valence-electron chi connectivity index (χ2n) is 7.00. The van der Waals surface area contributed by atoms with E-state index in [9.17, 15) is 4.79 Å². The molecule has 1 heterocycles.